The molecule has 1 heteroatoms. The van der Waals surface area contributed by atoms with E-state index >= 15 is 0 Å². The summed E-state index contributed by atoms with van der Waals surface area (Å²) in [7, 11) is 0. The summed E-state index contributed by atoms with van der Waals surface area (Å²) in [5, 5.41) is 0. The zero-order chi connectivity index (χ0) is 11.7. The molecule has 0 aliphatic carbocycles. The van der Waals surface area contributed by atoms with E-state index in [-0.39, 0.29) is 0 Å². The lowest BCUT2D eigenvalue weighted by atomic mass is 9.91. The van der Waals surface area contributed by atoms with E-state index in [1.54, 1.807) is 0 Å². The lowest BCUT2D eigenvalue weighted by Crippen LogP contribution is -2.17. The lowest BCUT2D eigenvalue weighted by molar-refractivity contribution is 0.0334. The highest BCUT2D eigenvalue weighted by molar-refractivity contribution is 4.64. The van der Waals surface area contributed by atoms with Crippen LogP contribution < -0.4 is 0 Å². The second kappa shape index (κ2) is 9.21. The van der Waals surface area contributed by atoms with Gasteiger partial charge in [-0.2, -0.15) is 0 Å². The van der Waals surface area contributed by atoms with Crippen LogP contribution in [0.5, 0.6) is 0 Å². The Balaban J connectivity index is 3.74. The van der Waals surface area contributed by atoms with Gasteiger partial charge in [-0.1, -0.05) is 41.0 Å². The molecular formula is C14H30O. The van der Waals surface area contributed by atoms with Crippen LogP contribution in [0.2, 0.25) is 0 Å². The van der Waals surface area contributed by atoms with Crippen molar-refractivity contribution in [3.8, 4) is 0 Å². The smallest absolute Gasteiger partial charge is 0.0575 e. The predicted molar refractivity (Wildman–Crippen MR) is 68.2 cm³/mol. The lowest BCUT2D eigenvalue weighted by Gasteiger charge is -2.22. The van der Waals surface area contributed by atoms with E-state index in [2.05, 4.69) is 34.6 Å². The summed E-state index contributed by atoms with van der Waals surface area (Å²) < 4.78 is 5.83. The molecule has 0 fully saturated rings. The molecule has 15 heavy (non-hydrogen) atoms. The van der Waals surface area contributed by atoms with Gasteiger partial charge < -0.3 is 4.74 Å². The maximum absolute atomic E-state index is 5.83. The van der Waals surface area contributed by atoms with Crippen molar-refractivity contribution in [1.82, 2.24) is 0 Å². The van der Waals surface area contributed by atoms with E-state index in [1.165, 1.54) is 19.3 Å². The standard InChI is InChI=1S/C14H30O/c1-6-9-15-14(8-3)11-13(5)10-12(4)7-2/h12-14H,6-11H2,1-5H3. The molecule has 0 saturated heterocycles. The van der Waals surface area contributed by atoms with Gasteiger partial charge in [0.25, 0.3) is 0 Å². The summed E-state index contributed by atoms with van der Waals surface area (Å²) in [5.41, 5.74) is 0. The van der Waals surface area contributed by atoms with Crippen LogP contribution in [0.1, 0.15) is 66.7 Å². The normalized spacial score (nSPS) is 17.4. The first-order chi connectivity index (χ1) is 7.13. The SMILES string of the molecule is CCCOC(CC)CC(C)CC(C)CC. The molecule has 0 amide bonds. The fraction of sp³-hybridized carbons (Fsp3) is 1.00. The Morgan fingerprint density at radius 2 is 1.53 bits per heavy atom. The molecule has 3 atom stereocenters. The van der Waals surface area contributed by atoms with Crippen molar-refractivity contribution in [2.24, 2.45) is 11.8 Å². The highest BCUT2D eigenvalue weighted by Gasteiger charge is 2.13. The second-order valence-electron chi connectivity index (χ2n) is 4.99. The highest BCUT2D eigenvalue weighted by atomic mass is 16.5. The topological polar surface area (TPSA) is 9.23 Å². The van der Waals surface area contributed by atoms with Gasteiger partial charge in [0.05, 0.1) is 6.10 Å². The molecule has 0 radical (unpaired) electrons. The number of hydrogen-bond acceptors (Lipinski definition) is 1. The van der Waals surface area contributed by atoms with Crippen LogP contribution in [0.15, 0.2) is 0 Å². The van der Waals surface area contributed by atoms with E-state index in [0.29, 0.717) is 6.10 Å². The first-order valence-corrected chi connectivity index (χ1v) is 6.75. The molecule has 0 N–H and O–H groups in total. The van der Waals surface area contributed by atoms with Crippen molar-refractivity contribution >= 4 is 0 Å². The molecule has 92 valence electrons. The Morgan fingerprint density at radius 1 is 0.867 bits per heavy atom. The van der Waals surface area contributed by atoms with E-state index in [4.69, 9.17) is 4.74 Å². The third kappa shape index (κ3) is 7.84. The van der Waals surface area contributed by atoms with E-state index in [1.807, 2.05) is 0 Å². The van der Waals surface area contributed by atoms with Gasteiger partial charge in [-0.05, 0) is 37.5 Å². The maximum Gasteiger partial charge on any atom is 0.0575 e. The van der Waals surface area contributed by atoms with Crippen molar-refractivity contribution < 1.29 is 4.74 Å². The Hall–Kier alpha value is -0.0400. The summed E-state index contributed by atoms with van der Waals surface area (Å²) >= 11 is 0. The first-order valence-electron chi connectivity index (χ1n) is 6.75. The van der Waals surface area contributed by atoms with E-state index < -0.39 is 0 Å². The van der Waals surface area contributed by atoms with Crippen LogP contribution in [-0.2, 0) is 4.74 Å². The third-order valence-electron chi connectivity index (χ3n) is 3.18. The minimum atomic E-state index is 0.490. The first kappa shape index (κ1) is 15.0. The highest BCUT2D eigenvalue weighted by Crippen LogP contribution is 2.21. The quantitative estimate of drug-likeness (QED) is 0.542. The zero-order valence-electron chi connectivity index (χ0n) is 11.4. The van der Waals surface area contributed by atoms with Gasteiger partial charge in [-0.15, -0.1) is 0 Å². The number of rotatable bonds is 9. The number of hydrogen-bond donors (Lipinski definition) is 0. The molecule has 0 aromatic rings. The van der Waals surface area contributed by atoms with Crippen LogP contribution in [0, 0.1) is 11.8 Å². The van der Waals surface area contributed by atoms with E-state index in [0.717, 1.165) is 31.3 Å². The Labute approximate surface area is 96.6 Å². The van der Waals surface area contributed by atoms with Crippen LogP contribution in [-0.4, -0.2) is 12.7 Å². The van der Waals surface area contributed by atoms with Gasteiger partial charge >= 0.3 is 0 Å². The molecule has 0 aromatic heterocycles. The molecule has 0 aliphatic rings. The fourth-order valence-corrected chi connectivity index (χ4v) is 2.04. The average Bonchev–Trinajstić information content (AvgIpc) is 2.23. The van der Waals surface area contributed by atoms with Crippen LogP contribution in [0.3, 0.4) is 0 Å². The molecule has 0 saturated carbocycles. The molecule has 0 aliphatic heterocycles. The fourth-order valence-electron chi connectivity index (χ4n) is 2.04. The van der Waals surface area contributed by atoms with Crippen molar-refractivity contribution in [2.75, 3.05) is 6.61 Å². The van der Waals surface area contributed by atoms with E-state index in [9.17, 15) is 0 Å². The molecule has 0 heterocycles. The number of ether oxygens (including phenoxy) is 1. The third-order valence-corrected chi connectivity index (χ3v) is 3.18. The predicted octanol–water partition coefficient (Wildman–Crippen LogP) is 4.65. The summed E-state index contributed by atoms with van der Waals surface area (Å²) in [6.45, 7) is 12.3. The van der Waals surface area contributed by atoms with Crippen LogP contribution in [0.4, 0.5) is 0 Å². The maximum atomic E-state index is 5.83. The summed E-state index contributed by atoms with van der Waals surface area (Å²) in [4.78, 5) is 0. The minimum absolute atomic E-state index is 0.490. The monoisotopic (exact) mass is 214 g/mol. The van der Waals surface area contributed by atoms with Gasteiger partial charge in [0, 0.05) is 6.61 Å². The molecule has 0 bridgehead atoms. The summed E-state index contributed by atoms with van der Waals surface area (Å²) in [5.74, 6) is 1.67. The van der Waals surface area contributed by atoms with Gasteiger partial charge in [-0.25, -0.2) is 0 Å². The summed E-state index contributed by atoms with van der Waals surface area (Å²) in [6.07, 6.45) is 6.67. The molecular weight excluding hydrogens is 184 g/mol. The largest absolute Gasteiger partial charge is 0.378 e. The Bertz CT molecular complexity index is 133. The van der Waals surface area contributed by atoms with Crippen molar-refractivity contribution in [3.05, 3.63) is 0 Å². The Morgan fingerprint density at radius 3 is 2.00 bits per heavy atom. The van der Waals surface area contributed by atoms with Crippen LogP contribution in [0.25, 0.3) is 0 Å². The second-order valence-corrected chi connectivity index (χ2v) is 4.99. The van der Waals surface area contributed by atoms with Crippen molar-refractivity contribution in [1.29, 1.82) is 0 Å². The molecule has 0 spiro atoms. The van der Waals surface area contributed by atoms with Crippen LogP contribution >= 0.6 is 0 Å². The zero-order valence-corrected chi connectivity index (χ0v) is 11.4. The molecule has 1 nitrogen and oxygen atoms in total. The minimum Gasteiger partial charge on any atom is -0.378 e. The van der Waals surface area contributed by atoms with Crippen molar-refractivity contribution in [3.63, 3.8) is 0 Å². The van der Waals surface area contributed by atoms with Gasteiger partial charge in [0.1, 0.15) is 0 Å². The van der Waals surface area contributed by atoms with Gasteiger partial charge in [-0.3, -0.25) is 0 Å². The van der Waals surface area contributed by atoms with Crippen molar-refractivity contribution in [2.45, 2.75) is 72.8 Å². The van der Waals surface area contributed by atoms with Gasteiger partial charge in [0.2, 0.25) is 0 Å². The molecule has 0 aromatic carbocycles. The summed E-state index contributed by atoms with van der Waals surface area (Å²) in [6, 6.07) is 0. The Kier molecular flexibility index (Phi) is 9.18. The van der Waals surface area contributed by atoms with Gasteiger partial charge in [0.15, 0.2) is 0 Å². The average molecular weight is 214 g/mol. The molecule has 0 rings (SSSR count). The molecule has 3 unspecified atom stereocenters.